The highest BCUT2D eigenvalue weighted by molar-refractivity contribution is 4.92. The topological polar surface area (TPSA) is 190 Å². The maximum absolute atomic E-state index is 9.84. The quantitative estimate of drug-likeness (QED) is 0.243. The second-order valence-electron chi connectivity index (χ2n) is 5.53. The number of aliphatic hydroxyl groups excluding tert-OH is 8. The molecule has 10 atom stereocenters. The summed E-state index contributed by atoms with van der Waals surface area (Å²) in [5, 5.41) is 76.4. The lowest BCUT2D eigenvalue weighted by Gasteiger charge is -2.44. The number of aliphatic hydroxyl groups is 8. The molecule has 0 radical (unpaired) electrons. The van der Waals surface area contributed by atoms with Crippen LogP contribution in [-0.4, -0.2) is 115 Å². The molecule has 2 fully saturated rings. The fourth-order valence-electron chi connectivity index (χ4n) is 2.49. The van der Waals surface area contributed by atoms with E-state index in [2.05, 4.69) is 0 Å². The summed E-state index contributed by atoms with van der Waals surface area (Å²) in [6.45, 7) is -1.33. The summed E-state index contributed by atoms with van der Waals surface area (Å²) in [7, 11) is 0. The molecule has 0 bridgehead atoms. The van der Waals surface area contributed by atoms with Crippen molar-refractivity contribution in [1.82, 2.24) is 0 Å². The van der Waals surface area contributed by atoms with Gasteiger partial charge in [-0.15, -0.1) is 0 Å². The Morgan fingerprint density at radius 1 is 0.565 bits per heavy atom. The van der Waals surface area contributed by atoms with Crippen molar-refractivity contribution in [3.05, 3.63) is 0 Å². The Morgan fingerprint density at radius 3 is 1.22 bits per heavy atom. The normalized spacial score (nSPS) is 51.7. The van der Waals surface area contributed by atoms with Gasteiger partial charge in [0.05, 0.1) is 13.2 Å². The van der Waals surface area contributed by atoms with Crippen LogP contribution in [0.5, 0.6) is 0 Å². The minimum atomic E-state index is -1.72. The highest BCUT2D eigenvalue weighted by Gasteiger charge is 2.49. The van der Waals surface area contributed by atoms with Crippen molar-refractivity contribution in [1.29, 1.82) is 0 Å². The molecule has 11 heteroatoms. The molecule has 0 aromatic heterocycles. The van der Waals surface area contributed by atoms with Gasteiger partial charge in [0.25, 0.3) is 0 Å². The first kappa shape index (κ1) is 18.9. The Kier molecular flexibility index (Phi) is 6.27. The summed E-state index contributed by atoms with van der Waals surface area (Å²) in [4.78, 5) is 0. The first-order chi connectivity index (χ1) is 10.8. The second kappa shape index (κ2) is 7.63. The van der Waals surface area contributed by atoms with Gasteiger partial charge in [-0.3, -0.25) is 0 Å². The van der Waals surface area contributed by atoms with Gasteiger partial charge < -0.3 is 55.1 Å². The van der Waals surface area contributed by atoms with E-state index in [4.69, 9.17) is 24.4 Å². The van der Waals surface area contributed by atoms with Gasteiger partial charge in [-0.1, -0.05) is 0 Å². The molecule has 23 heavy (non-hydrogen) atoms. The molecule has 2 heterocycles. The van der Waals surface area contributed by atoms with Crippen molar-refractivity contribution in [2.24, 2.45) is 0 Å². The zero-order chi connectivity index (χ0) is 17.3. The predicted octanol–water partition coefficient (Wildman–Crippen LogP) is -5.40. The van der Waals surface area contributed by atoms with E-state index in [0.29, 0.717) is 0 Å². The van der Waals surface area contributed by atoms with E-state index >= 15 is 0 Å². The van der Waals surface area contributed by atoms with E-state index in [0.717, 1.165) is 0 Å². The van der Waals surface area contributed by atoms with Gasteiger partial charge in [0, 0.05) is 0 Å². The summed E-state index contributed by atoms with van der Waals surface area (Å²) in [5.74, 6) is 0. The van der Waals surface area contributed by atoms with Crippen LogP contribution >= 0.6 is 0 Å². The maximum atomic E-state index is 9.84. The van der Waals surface area contributed by atoms with E-state index in [1.807, 2.05) is 0 Å². The van der Waals surface area contributed by atoms with Crippen molar-refractivity contribution >= 4 is 0 Å². The number of ether oxygens (including phenoxy) is 3. The molecule has 0 aliphatic carbocycles. The molecular weight excluding hydrogens is 320 g/mol. The molecule has 0 aromatic carbocycles. The van der Waals surface area contributed by atoms with E-state index < -0.39 is 74.6 Å². The van der Waals surface area contributed by atoms with Gasteiger partial charge in [-0.25, -0.2) is 0 Å². The summed E-state index contributed by atoms with van der Waals surface area (Å²) in [6, 6.07) is 0. The number of hydrogen-bond donors (Lipinski definition) is 8. The molecule has 11 nitrogen and oxygen atoms in total. The highest BCUT2D eigenvalue weighted by atomic mass is 16.8. The molecule has 2 saturated heterocycles. The molecule has 0 amide bonds. The summed E-state index contributed by atoms with van der Waals surface area (Å²) in [5.41, 5.74) is 0. The zero-order valence-corrected chi connectivity index (χ0v) is 12.0. The average molecular weight is 342 g/mol. The largest absolute Gasteiger partial charge is 0.394 e. The Hall–Kier alpha value is -0.440. The van der Waals surface area contributed by atoms with Crippen LogP contribution in [0.2, 0.25) is 0 Å². The van der Waals surface area contributed by atoms with Crippen LogP contribution in [0.4, 0.5) is 0 Å². The van der Waals surface area contributed by atoms with Crippen LogP contribution in [0.25, 0.3) is 0 Å². The maximum Gasteiger partial charge on any atom is 0.189 e. The molecule has 4 unspecified atom stereocenters. The van der Waals surface area contributed by atoms with E-state index in [1.165, 1.54) is 0 Å². The predicted molar refractivity (Wildman–Crippen MR) is 68.6 cm³/mol. The molecule has 2 aliphatic rings. The Balaban J connectivity index is 2.07. The summed E-state index contributed by atoms with van der Waals surface area (Å²) < 4.78 is 15.3. The third-order valence-corrected chi connectivity index (χ3v) is 3.97. The minimum Gasteiger partial charge on any atom is -0.394 e. The summed E-state index contributed by atoms with van der Waals surface area (Å²) in [6.07, 6.45) is -15.6. The number of rotatable bonds is 4. The van der Waals surface area contributed by atoms with Crippen LogP contribution in [0.1, 0.15) is 0 Å². The minimum absolute atomic E-state index is 0.667. The molecule has 0 spiro atoms. The van der Waals surface area contributed by atoms with Gasteiger partial charge in [0.1, 0.15) is 48.8 Å². The van der Waals surface area contributed by atoms with E-state index in [9.17, 15) is 30.6 Å². The lowest BCUT2D eigenvalue weighted by atomic mass is 9.98. The van der Waals surface area contributed by atoms with E-state index in [1.54, 1.807) is 0 Å². The third kappa shape index (κ3) is 3.65. The molecule has 2 aliphatic heterocycles. The van der Waals surface area contributed by atoms with Crippen LogP contribution < -0.4 is 0 Å². The van der Waals surface area contributed by atoms with Gasteiger partial charge >= 0.3 is 0 Å². The van der Waals surface area contributed by atoms with Gasteiger partial charge in [-0.2, -0.15) is 0 Å². The molecule has 0 aromatic rings. The third-order valence-electron chi connectivity index (χ3n) is 3.97. The Morgan fingerprint density at radius 2 is 0.913 bits per heavy atom. The lowest BCUT2D eigenvalue weighted by Crippen LogP contribution is -2.63. The lowest BCUT2D eigenvalue weighted by molar-refractivity contribution is -0.376. The molecule has 0 saturated carbocycles. The Labute approximate surface area is 130 Å². The van der Waals surface area contributed by atoms with Gasteiger partial charge in [-0.05, 0) is 0 Å². The van der Waals surface area contributed by atoms with Crippen LogP contribution in [0.3, 0.4) is 0 Å². The SMILES string of the molecule is OCC1O[C@H](O[C@H]2OC(CO)[C@H](O)[C@H](O)C2O)C(O)[C@H](O)[C@@H]1O. The fourth-order valence-corrected chi connectivity index (χ4v) is 2.49. The smallest absolute Gasteiger partial charge is 0.189 e. The first-order valence-electron chi connectivity index (χ1n) is 7.08. The number of hydrogen-bond acceptors (Lipinski definition) is 11. The molecule has 8 N–H and O–H groups in total. The van der Waals surface area contributed by atoms with Crippen molar-refractivity contribution in [3.8, 4) is 0 Å². The van der Waals surface area contributed by atoms with Crippen molar-refractivity contribution in [2.75, 3.05) is 13.2 Å². The second-order valence-corrected chi connectivity index (χ2v) is 5.53. The van der Waals surface area contributed by atoms with Crippen LogP contribution in [-0.2, 0) is 14.2 Å². The van der Waals surface area contributed by atoms with Crippen molar-refractivity contribution < 1.29 is 55.1 Å². The van der Waals surface area contributed by atoms with Crippen LogP contribution in [0, 0.1) is 0 Å². The monoisotopic (exact) mass is 342 g/mol. The Bertz CT molecular complexity index is 344. The fraction of sp³-hybridized carbons (Fsp3) is 1.00. The van der Waals surface area contributed by atoms with Crippen molar-refractivity contribution in [2.45, 2.75) is 61.4 Å². The average Bonchev–Trinajstić information content (AvgIpc) is 2.55. The summed E-state index contributed by atoms with van der Waals surface area (Å²) >= 11 is 0. The molecule has 2 rings (SSSR count). The van der Waals surface area contributed by atoms with Gasteiger partial charge in [0.2, 0.25) is 0 Å². The molecule has 136 valence electrons. The van der Waals surface area contributed by atoms with E-state index in [-0.39, 0.29) is 0 Å². The molecular formula is C12H22O11. The van der Waals surface area contributed by atoms with Gasteiger partial charge in [0.15, 0.2) is 12.6 Å². The van der Waals surface area contributed by atoms with Crippen molar-refractivity contribution in [3.63, 3.8) is 0 Å². The first-order valence-corrected chi connectivity index (χ1v) is 7.08. The van der Waals surface area contributed by atoms with Crippen LogP contribution in [0.15, 0.2) is 0 Å². The zero-order valence-electron chi connectivity index (χ0n) is 12.0. The standard InChI is InChI=1S/C12H22O11/c13-1-3-5(15)7(17)9(19)11(21-3)23-12-10(20)8(18)6(16)4(2-14)22-12/h3-20H,1-2H2/t3?,4?,5-,6+,7-,8+,9?,10?,11-,12-/m1/s1. The highest BCUT2D eigenvalue weighted by Crippen LogP contribution is 2.27.